The molecule has 0 fully saturated rings. The summed E-state index contributed by atoms with van der Waals surface area (Å²) in [5.74, 6) is 1.12. The van der Waals surface area contributed by atoms with Gasteiger partial charge in [-0.05, 0) is 30.3 Å². The van der Waals surface area contributed by atoms with Crippen LogP contribution in [-0.4, -0.2) is 14.5 Å². The quantitative estimate of drug-likeness (QED) is 0.435. The largest absolute Gasteiger partial charge is 0.417 e. The van der Waals surface area contributed by atoms with E-state index in [4.69, 9.17) is 4.42 Å². The highest BCUT2D eigenvalue weighted by Gasteiger charge is 2.38. The molecule has 0 unspecified atom stereocenters. The van der Waals surface area contributed by atoms with Crippen LogP contribution in [0, 0.1) is 0 Å². The molecule has 5 aromatic rings. The number of pyridine rings is 2. The molecular weight excluding hydrogens is 312 g/mol. The normalized spacial score (nSPS) is 12.6. The Hall–Kier alpha value is -3.47. The van der Waals surface area contributed by atoms with Crippen molar-refractivity contribution < 1.29 is 8.98 Å². The molecule has 1 aliphatic rings. The molecule has 0 amide bonds. The number of hydrogen-bond acceptors (Lipinski definition) is 3. The topological polar surface area (TPSA) is 47.7 Å². The van der Waals surface area contributed by atoms with Crippen LogP contribution in [0.25, 0.3) is 39.4 Å². The van der Waals surface area contributed by atoms with E-state index in [1.54, 1.807) is 0 Å². The van der Waals surface area contributed by atoms with E-state index in [1.807, 2.05) is 36.8 Å². The average Bonchev–Trinajstić information content (AvgIpc) is 3.30. The number of para-hydroxylation sites is 1. The number of furan rings is 1. The minimum Gasteiger partial charge on any atom is -0.417 e. The number of aromatic nitrogens is 4. The molecule has 5 nitrogen and oxygen atoms in total. The van der Waals surface area contributed by atoms with Gasteiger partial charge in [-0.25, -0.2) is 4.98 Å². The third kappa shape index (κ3) is 1.59. The summed E-state index contributed by atoms with van der Waals surface area (Å²) < 4.78 is 10.7. The lowest BCUT2D eigenvalue weighted by Crippen LogP contribution is -2.31. The number of nitrogens with zero attached hydrogens (tertiary/aromatic N) is 4. The van der Waals surface area contributed by atoms with Crippen molar-refractivity contribution in [3.8, 4) is 17.1 Å². The Morgan fingerprint density at radius 3 is 2.84 bits per heavy atom. The Kier molecular flexibility index (Phi) is 2.34. The van der Waals surface area contributed by atoms with Crippen LogP contribution in [0.4, 0.5) is 0 Å². The Morgan fingerprint density at radius 2 is 1.92 bits per heavy atom. The molecule has 0 atom stereocenters. The van der Waals surface area contributed by atoms with Crippen molar-refractivity contribution in [2.75, 3.05) is 0 Å². The lowest BCUT2D eigenvalue weighted by molar-refractivity contribution is -0.652. The summed E-state index contributed by atoms with van der Waals surface area (Å²) in [6.45, 7) is 0.759. The van der Waals surface area contributed by atoms with Crippen molar-refractivity contribution in [3.63, 3.8) is 0 Å². The first-order valence-corrected chi connectivity index (χ1v) is 8.22. The van der Waals surface area contributed by atoms with Crippen molar-refractivity contribution in [2.45, 2.75) is 6.54 Å². The first kappa shape index (κ1) is 12.9. The molecule has 0 spiro atoms. The molecule has 0 aliphatic carbocycles. The molecule has 5 heterocycles. The Bertz CT molecular complexity index is 1270. The molecule has 5 heteroatoms. The first-order chi connectivity index (χ1) is 12.4. The monoisotopic (exact) mass is 325 g/mol. The van der Waals surface area contributed by atoms with Gasteiger partial charge in [0.2, 0.25) is 5.52 Å². The van der Waals surface area contributed by atoms with Gasteiger partial charge in [0.25, 0.3) is 5.82 Å². The van der Waals surface area contributed by atoms with E-state index in [-0.39, 0.29) is 0 Å². The van der Waals surface area contributed by atoms with Gasteiger partial charge in [-0.3, -0.25) is 4.98 Å². The van der Waals surface area contributed by atoms with Gasteiger partial charge < -0.3 is 4.42 Å². The second-order valence-corrected chi connectivity index (χ2v) is 6.22. The van der Waals surface area contributed by atoms with Gasteiger partial charge in [-0.2, -0.15) is 9.13 Å². The smallest absolute Gasteiger partial charge is 0.341 e. The van der Waals surface area contributed by atoms with Gasteiger partial charge in [0.05, 0.1) is 5.56 Å². The summed E-state index contributed by atoms with van der Waals surface area (Å²) in [7, 11) is 0. The summed E-state index contributed by atoms with van der Waals surface area (Å²) in [5.41, 5.74) is 7.05. The van der Waals surface area contributed by atoms with Crippen molar-refractivity contribution in [2.24, 2.45) is 0 Å². The standard InChI is InChI=1S/C20H13N4O/c1-2-5-14(6-3-1)24-18-17-16(7-4-9-22-17)25-20(18)23-12-13-11-21-10-8-15(13)19(23)24/h1-11H,12H2/q+1. The van der Waals surface area contributed by atoms with E-state index < -0.39 is 0 Å². The molecule has 0 saturated heterocycles. The van der Waals surface area contributed by atoms with Gasteiger partial charge in [0.15, 0.2) is 11.1 Å². The molecule has 6 rings (SSSR count). The molecule has 118 valence electrons. The second kappa shape index (κ2) is 4.54. The van der Waals surface area contributed by atoms with Crippen LogP contribution in [0.15, 0.2) is 71.5 Å². The van der Waals surface area contributed by atoms with Crippen molar-refractivity contribution in [1.29, 1.82) is 0 Å². The number of benzene rings is 1. The van der Waals surface area contributed by atoms with E-state index in [2.05, 4.69) is 49.4 Å². The second-order valence-electron chi connectivity index (χ2n) is 6.22. The SMILES string of the molecule is c1ccc(-n2c3[n+](c4oc5cccnc5c42)Cc2cnccc2-3)cc1. The number of rotatable bonds is 1. The maximum atomic E-state index is 6.19. The van der Waals surface area contributed by atoms with Gasteiger partial charge in [-0.15, -0.1) is 0 Å². The minimum absolute atomic E-state index is 0.759. The fourth-order valence-electron chi connectivity index (χ4n) is 3.79. The summed E-state index contributed by atoms with van der Waals surface area (Å²) in [6, 6.07) is 16.3. The number of hydrogen-bond donors (Lipinski definition) is 0. The third-order valence-electron chi connectivity index (χ3n) is 4.83. The molecule has 1 aliphatic heterocycles. The molecule has 1 aromatic carbocycles. The van der Waals surface area contributed by atoms with Crippen LogP contribution in [0.1, 0.15) is 5.56 Å². The van der Waals surface area contributed by atoms with Crippen molar-refractivity contribution in [1.82, 2.24) is 14.5 Å². The molecule has 0 radical (unpaired) electrons. The Morgan fingerprint density at radius 1 is 1.00 bits per heavy atom. The lowest BCUT2D eigenvalue weighted by Gasteiger charge is -2.01. The highest BCUT2D eigenvalue weighted by atomic mass is 16.3. The molecule has 0 bridgehead atoms. The molecule has 4 aromatic heterocycles. The zero-order valence-corrected chi connectivity index (χ0v) is 13.3. The van der Waals surface area contributed by atoms with Gasteiger partial charge in [-0.1, -0.05) is 18.2 Å². The van der Waals surface area contributed by atoms with Gasteiger partial charge >= 0.3 is 5.71 Å². The van der Waals surface area contributed by atoms with Crippen LogP contribution >= 0.6 is 0 Å². The lowest BCUT2D eigenvalue weighted by atomic mass is 10.1. The van der Waals surface area contributed by atoms with Crippen LogP contribution in [-0.2, 0) is 6.54 Å². The van der Waals surface area contributed by atoms with Crippen LogP contribution < -0.4 is 4.57 Å². The summed E-state index contributed by atoms with van der Waals surface area (Å²) in [5, 5.41) is 0. The Balaban J connectivity index is 1.84. The highest BCUT2D eigenvalue weighted by Crippen LogP contribution is 2.36. The summed E-state index contributed by atoms with van der Waals surface area (Å²) in [4.78, 5) is 8.86. The molecule has 0 saturated carbocycles. The predicted octanol–water partition coefficient (Wildman–Crippen LogP) is 3.48. The average molecular weight is 325 g/mol. The maximum Gasteiger partial charge on any atom is 0.341 e. The maximum absolute atomic E-state index is 6.19. The highest BCUT2D eigenvalue weighted by molar-refractivity contribution is 5.99. The third-order valence-corrected chi connectivity index (χ3v) is 4.83. The molecule has 25 heavy (non-hydrogen) atoms. The first-order valence-electron chi connectivity index (χ1n) is 8.22. The summed E-state index contributed by atoms with van der Waals surface area (Å²) >= 11 is 0. The molecule has 0 N–H and O–H groups in total. The van der Waals surface area contributed by atoms with E-state index >= 15 is 0 Å². The van der Waals surface area contributed by atoms with Crippen LogP contribution in [0.2, 0.25) is 0 Å². The number of imidazole rings is 1. The fraction of sp³-hybridized carbons (Fsp3) is 0.0500. The molecular formula is C20H13N4O+. The summed E-state index contributed by atoms with van der Waals surface area (Å²) in [6.07, 6.45) is 5.59. The van der Waals surface area contributed by atoms with Crippen molar-refractivity contribution in [3.05, 3.63) is 72.7 Å². The van der Waals surface area contributed by atoms with E-state index in [0.29, 0.717) is 0 Å². The Labute approximate surface area is 142 Å². The predicted molar refractivity (Wildman–Crippen MR) is 93.4 cm³/mol. The van der Waals surface area contributed by atoms with Gasteiger partial charge in [0.1, 0.15) is 12.2 Å². The minimum atomic E-state index is 0.759. The van der Waals surface area contributed by atoms with E-state index in [9.17, 15) is 0 Å². The number of fused-ring (bicyclic) bond motifs is 7. The van der Waals surface area contributed by atoms with Crippen molar-refractivity contribution >= 4 is 22.3 Å². The fourth-order valence-corrected chi connectivity index (χ4v) is 3.79. The zero-order chi connectivity index (χ0) is 16.4. The van der Waals surface area contributed by atoms with E-state index in [0.717, 1.165) is 40.4 Å². The zero-order valence-electron chi connectivity index (χ0n) is 13.3. The van der Waals surface area contributed by atoms with Crippen LogP contribution in [0.3, 0.4) is 0 Å². The van der Waals surface area contributed by atoms with E-state index in [1.165, 1.54) is 11.1 Å². The van der Waals surface area contributed by atoms with Gasteiger partial charge in [0, 0.05) is 24.2 Å². The van der Waals surface area contributed by atoms with Crippen LogP contribution in [0.5, 0.6) is 0 Å².